The zero-order valence-corrected chi connectivity index (χ0v) is 12.1. The van der Waals surface area contributed by atoms with Gasteiger partial charge in [0.25, 0.3) is 0 Å². The summed E-state index contributed by atoms with van der Waals surface area (Å²) in [6, 6.07) is 5.53. The van der Waals surface area contributed by atoms with Crippen LogP contribution in [0.15, 0.2) is 23.2 Å². The molecule has 2 unspecified atom stereocenters. The summed E-state index contributed by atoms with van der Waals surface area (Å²) >= 11 is 0. The number of fused-ring (bicyclic) bond motifs is 1. The van der Waals surface area contributed by atoms with Crippen molar-refractivity contribution in [2.75, 3.05) is 11.4 Å². The van der Waals surface area contributed by atoms with Crippen LogP contribution in [0.25, 0.3) is 0 Å². The molecule has 21 heavy (non-hydrogen) atoms. The highest BCUT2D eigenvalue weighted by Gasteiger charge is 2.34. The molecule has 0 amide bonds. The molecule has 1 saturated carbocycles. The summed E-state index contributed by atoms with van der Waals surface area (Å²) in [5.41, 5.74) is 3.02. The second-order valence-electron chi connectivity index (χ2n) is 5.97. The van der Waals surface area contributed by atoms with E-state index >= 15 is 0 Å². The van der Waals surface area contributed by atoms with E-state index in [2.05, 4.69) is 9.89 Å². The lowest BCUT2D eigenvalue weighted by Gasteiger charge is -2.45. The zero-order chi connectivity index (χ0) is 14.7. The summed E-state index contributed by atoms with van der Waals surface area (Å²) < 4.78 is 14.4. The lowest BCUT2D eigenvalue weighted by molar-refractivity contribution is 0.240. The Balaban J connectivity index is 1.83. The number of halogens is 1. The predicted octanol–water partition coefficient (Wildman–Crippen LogP) is 3.62. The Morgan fingerprint density at radius 2 is 2.05 bits per heavy atom. The molecule has 1 aliphatic heterocycles. The Morgan fingerprint density at radius 1 is 1.24 bits per heavy atom. The minimum absolute atomic E-state index is 0.228. The first kappa shape index (κ1) is 14.3. The van der Waals surface area contributed by atoms with Crippen molar-refractivity contribution in [1.82, 2.24) is 5.48 Å². The molecule has 2 aliphatic rings. The molecule has 0 radical (unpaired) electrons. The molecule has 1 heterocycles. The number of nitrogens with one attached hydrogen (secondary N) is 1. The van der Waals surface area contributed by atoms with Crippen molar-refractivity contribution in [2.45, 2.75) is 44.6 Å². The van der Waals surface area contributed by atoms with Gasteiger partial charge in [0.2, 0.25) is 0 Å². The quantitative estimate of drug-likeness (QED) is 0.508. The number of rotatable bonds is 3. The van der Waals surface area contributed by atoms with Gasteiger partial charge in [-0.25, -0.2) is 9.38 Å². The maximum atomic E-state index is 14.4. The molecule has 2 N–H and O–H groups in total. The SMILES string of the molecule is ONC=Nc1ccc(N2CCCC3CCCCC32)c(F)c1. The summed E-state index contributed by atoms with van der Waals surface area (Å²) in [4.78, 5) is 6.17. The van der Waals surface area contributed by atoms with Gasteiger partial charge in [-0.15, -0.1) is 0 Å². The molecule has 0 aromatic heterocycles. The number of piperidine rings is 1. The van der Waals surface area contributed by atoms with Crippen LogP contribution in [0.4, 0.5) is 15.8 Å². The highest BCUT2D eigenvalue weighted by atomic mass is 19.1. The van der Waals surface area contributed by atoms with Crippen molar-refractivity contribution in [1.29, 1.82) is 0 Å². The van der Waals surface area contributed by atoms with E-state index in [-0.39, 0.29) is 5.82 Å². The number of anilines is 1. The van der Waals surface area contributed by atoms with E-state index in [4.69, 9.17) is 5.21 Å². The Hall–Kier alpha value is -1.62. The van der Waals surface area contributed by atoms with E-state index in [0.29, 0.717) is 17.4 Å². The first-order chi connectivity index (χ1) is 10.3. The fourth-order valence-electron chi connectivity index (χ4n) is 3.84. The largest absolute Gasteiger partial charge is 0.366 e. The van der Waals surface area contributed by atoms with Crippen LogP contribution >= 0.6 is 0 Å². The molecular formula is C16H22FN3O. The molecule has 5 heteroatoms. The molecule has 0 bridgehead atoms. The van der Waals surface area contributed by atoms with Gasteiger partial charge in [-0.05, 0) is 43.7 Å². The van der Waals surface area contributed by atoms with E-state index in [1.165, 1.54) is 38.2 Å². The van der Waals surface area contributed by atoms with Gasteiger partial charge in [0.15, 0.2) is 0 Å². The number of hydrogen-bond donors (Lipinski definition) is 2. The molecular weight excluding hydrogens is 269 g/mol. The van der Waals surface area contributed by atoms with E-state index in [0.717, 1.165) is 25.2 Å². The lowest BCUT2D eigenvalue weighted by atomic mass is 9.78. The second kappa shape index (κ2) is 6.43. The van der Waals surface area contributed by atoms with Crippen LogP contribution < -0.4 is 10.4 Å². The molecule has 0 spiro atoms. The average Bonchev–Trinajstić information content (AvgIpc) is 2.53. The van der Waals surface area contributed by atoms with E-state index in [1.807, 2.05) is 11.5 Å². The summed E-state index contributed by atoms with van der Waals surface area (Å²) in [6.45, 7) is 0.943. The highest BCUT2D eigenvalue weighted by Crippen LogP contribution is 2.39. The van der Waals surface area contributed by atoms with Gasteiger partial charge < -0.3 is 4.90 Å². The summed E-state index contributed by atoms with van der Waals surface area (Å²) in [6.07, 6.45) is 8.60. The molecule has 1 saturated heterocycles. The smallest absolute Gasteiger partial charge is 0.148 e. The Morgan fingerprint density at radius 3 is 2.86 bits per heavy atom. The van der Waals surface area contributed by atoms with Crippen LogP contribution in [0.3, 0.4) is 0 Å². The number of hydrogen-bond acceptors (Lipinski definition) is 3. The Bertz CT molecular complexity index is 518. The third-order valence-electron chi connectivity index (χ3n) is 4.76. The van der Waals surface area contributed by atoms with Crippen LogP contribution in [0.1, 0.15) is 38.5 Å². The Kier molecular flexibility index (Phi) is 4.39. The molecule has 2 atom stereocenters. The lowest BCUT2D eigenvalue weighted by Crippen LogP contribution is -2.47. The molecule has 114 valence electrons. The standard InChI is InChI=1S/C16H22FN3O/c17-14-10-13(18-11-19-21)7-8-16(14)20-9-3-5-12-4-1-2-6-15(12)20/h7-8,10-12,15,21H,1-6,9H2,(H,18,19). The minimum atomic E-state index is -0.228. The van der Waals surface area contributed by atoms with E-state index in [9.17, 15) is 4.39 Å². The molecule has 4 nitrogen and oxygen atoms in total. The predicted molar refractivity (Wildman–Crippen MR) is 81.8 cm³/mol. The minimum Gasteiger partial charge on any atom is -0.366 e. The fourth-order valence-corrected chi connectivity index (χ4v) is 3.84. The van der Waals surface area contributed by atoms with Gasteiger partial charge in [0, 0.05) is 18.7 Å². The highest BCUT2D eigenvalue weighted by molar-refractivity contribution is 5.62. The van der Waals surface area contributed by atoms with Gasteiger partial charge >= 0.3 is 0 Å². The number of hydroxylamine groups is 1. The molecule has 2 fully saturated rings. The first-order valence-corrected chi connectivity index (χ1v) is 7.78. The average molecular weight is 291 g/mol. The molecule has 1 aliphatic carbocycles. The molecule has 1 aromatic rings. The van der Waals surface area contributed by atoms with Gasteiger partial charge in [0.1, 0.15) is 12.2 Å². The maximum absolute atomic E-state index is 14.4. The number of aliphatic imine (C=N–C) groups is 1. The van der Waals surface area contributed by atoms with Crippen molar-refractivity contribution in [3.05, 3.63) is 24.0 Å². The van der Waals surface area contributed by atoms with Gasteiger partial charge in [-0.1, -0.05) is 12.8 Å². The van der Waals surface area contributed by atoms with Gasteiger partial charge in [-0.2, -0.15) is 0 Å². The van der Waals surface area contributed by atoms with Crippen LogP contribution in [0.2, 0.25) is 0 Å². The number of nitrogens with zero attached hydrogens (tertiary/aromatic N) is 2. The molecule has 3 rings (SSSR count). The van der Waals surface area contributed by atoms with Crippen molar-refractivity contribution < 1.29 is 9.60 Å². The van der Waals surface area contributed by atoms with Crippen molar-refractivity contribution in [2.24, 2.45) is 10.9 Å². The van der Waals surface area contributed by atoms with E-state index < -0.39 is 0 Å². The summed E-state index contributed by atoms with van der Waals surface area (Å²) in [7, 11) is 0. The maximum Gasteiger partial charge on any atom is 0.148 e. The summed E-state index contributed by atoms with van der Waals surface area (Å²) in [5, 5.41) is 8.48. The molecule has 1 aromatic carbocycles. The summed E-state index contributed by atoms with van der Waals surface area (Å²) in [5.74, 6) is 0.497. The first-order valence-electron chi connectivity index (χ1n) is 7.78. The van der Waals surface area contributed by atoms with Crippen LogP contribution in [-0.4, -0.2) is 24.1 Å². The number of benzene rings is 1. The third kappa shape index (κ3) is 3.02. The van der Waals surface area contributed by atoms with Crippen LogP contribution in [-0.2, 0) is 0 Å². The van der Waals surface area contributed by atoms with Gasteiger partial charge in [-0.3, -0.25) is 10.7 Å². The van der Waals surface area contributed by atoms with Crippen LogP contribution in [0, 0.1) is 11.7 Å². The second-order valence-corrected chi connectivity index (χ2v) is 5.97. The Labute approximate surface area is 124 Å². The normalized spacial score (nSPS) is 25.9. The monoisotopic (exact) mass is 291 g/mol. The van der Waals surface area contributed by atoms with Gasteiger partial charge in [0.05, 0.1) is 11.4 Å². The van der Waals surface area contributed by atoms with Crippen molar-refractivity contribution in [3.63, 3.8) is 0 Å². The van der Waals surface area contributed by atoms with Crippen LogP contribution in [0.5, 0.6) is 0 Å². The topological polar surface area (TPSA) is 47.9 Å². The third-order valence-corrected chi connectivity index (χ3v) is 4.76. The zero-order valence-electron chi connectivity index (χ0n) is 12.1. The fraction of sp³-hybridized carbons (Fsp3) is 0.562. The van der Waals surface area contributed by atoms with Crippen molar-refractivity contribution in [3.8, 4) is 0 Å². The van der Waals surface area contributed by atoms with Crippen molar-refractivity contribution >= 4 is 17.7 Å². The van der Waals surface area contributed by atoms with E-state index in [1.54, 1.807) is 6.07 Å².